The minimum atomic E-state index is -0.0658. The summed E-state index contributed by atoms with van der Waals surface area (Å²) in [5.74, 6) is 0.857. The number of aryl methyl sites for hydroxylation is 1. The predicted octanol–water partition coefficient (Wildman–Crippen LogP) is 4.75. The van der Waals surface area contributed by atoms with Gasteiger partial charge in [-0.2, -0.15) is 5.10 Å². The van der Waals surface area contributed by atoms with Gasteiger partial charge in [0.2, 0.25) is 0 Å². The van der Waals surface area contributed by atoms with Crippen molar-refractivity contribution in [1.82, 2.24) is 15.1 Å². The van der Waals surface area contributed by atoms with E-state index in [1.165, 1.54) is 18.1 Å². The Morgan fingerprint density at radius 2 is 1.74 bits per heavy atom. The Bertz CT molecular complexity index is 1050. The van der Waals surface area contributed by atoms with Crippen LogP contribution in [0.5, 0.6) is 5.75 Å². The van der Waals surface area contributed by atoms with Crippen molar-refractivity contribution in [3.63, 3.8) is 0 Å². The number of nitrogens with one attached hydrogen (secondary N) is 2. The maximum absolute atomic E-state index is 11.8. The molecule has 0 bridgehead atoms. The van der Waals surface area contributed by atoms with Gasteiger partial charge in [-0.05, 0) is 68.1 Å². The van der Waals surface area contributed by atoms with E-state index in [0.29, 0.717) is 5.69 Å². The number of aromatic amines is 1. The third-order valence-corrected chi connectivity index (χ3v) is 6.08. The Balaban J connectivity index is 1.22. The van der Waals surface area contributed by atoms with Gasteiger partial charge in [0.25, 0.3) is 0 Å². The summed E-state index contributed by atoms with van der Waals surface area (Å²) in [6, 6.07) is 16.6. The highest BCUT2D eigenvalue weighted by Crippen LogP contribution is 2.24. The molecular formula is C27H34N4O3. The summed E-state index contributed by atoms with van der Waals surface area (Å²) in [4.78, 5) is 14.2. The molecule has 0 radical (unpaired) electrons. The number of nitrogens with zero attached hydrogens (tertiary/aromatic N) is 2. The Kier molecular flexibility index (Phi) is 8.33. The van der Waals surface area contributed by atoms with Gasteiger partial charge >= 0.3 is 0 Å². The van der Waals surface area contributed by atoms with Crippen LogP contribution in [0.2, 0.25) is 0 Å². The summed E-state index contributed by atoms with van der Waals surface area (Å²) in [5.41, 5.74) is 5.39. The van der Waals surface area contributed by atoms with E-state index in [9.17, 15) is 4.79 Å². The van der Waals surface area contributed by atoms with E-state index in [2.05, 4.69) is 56.8 Å². The molecular weight excluding hydrogens is 428 g/mol. The number of hydrogen-bond donors (Lipinski definition) is 2. The fourth-order valence-corrected chi connectivity index (χ4v) is 4.08. The van der Waals surface area contributed by atoms with Gasteiger partial charge in [0.05, 0.1) is 31.2 Å². The molecule has 4 rings (SSSR count). The van der Waals surface area contributed by atoms with E-state index in [0.717, 1.165) is 81.5 Å². The van der Waals surface area contributed by atoms with Crippen LogP contribution in [0, 0.1) is 6.92 Å². The lowest BCUT2D eigenvalue weighted by Crippen LogP contribution is -2.36. The van der Waals surface area contributed by atoms with Gasteiger partial charge in [0.1, 0.15) is 5.75 Å². The predicted molar refractivity (Wildman–Crippen MR) is 134 cm³/mol. The lowest BCUT2D eigenvalue weighted by Gasteiger charge is -2.26. The second kappa shape index (κ2) is 11.8. The SMILES string of the molecule is CC(=O)c1n[nH]c(C)c1Nc1ccc(Cc2ccc(OCCCCN3CCOCC3)cc2)cc1. The highest BCUT2D eigenvalue weighted by Gasteiger charge is 2.14. The van der Waals surface area contributed by atoms with E-state index in [-0.39, 0.29) is 5.78 Å². The molecule has 34 heavy (non-hydrogen) atoms. The van der Waals surface area contributed by atoms with Gasteiger partial charge in [0.15, 0.2) is 11.5 Å². The summed E-state index contributed by atoms with van der Waals surface area (Å²) >= 11 is 0. The number of hydrogen-bond acceptors (Lipinski definition) is 6. The van der Waals surface area contributed by atoms with Crippen molar-refractivity contribution in [2.24, 2.45) is 0 Å². The molecule has 0 aliphatic carbocycles. The number of Topliss-reactive ketones (excluding diaryl/α,β-unsaturated/α-hetero) is 1. The van der Waals surface area contributed by atoms with E-state index < -0.39 is 0 Å². The zero-order chi connectivity index (χ0) is 23.8. The lowest BCUT2D eigenvalue weighted by atomic mass is 10.0. The molecule has 1 aromatic heterocycles. The van der Waals surface area contributed by atoms with Crippen LogP contribution in [-0.2, 0) is 11.2 Å². The van der Waals surface area contributed by atoms with Crippen LogP contribution in [0.25, 0.3) is 0 Å². The number of H-pyrrole nitrogens is 1. The maximum atomic E-state index is 11.8. The molecule has 2 heterocycles. The molecule has 0 spiro atoms. The van der Waals surface area contributed by atoms with Crippen molar-refractivity contribution in [2.75, 3.05) is 44.8 Å². The molecule has 1 saturated heterocycles. The largest absolute Gasteiger partial charge is 0.494 e. The average molecular weight is 463 g/mol. The van der Waals surface area contributed by atoms with Crippen molar-refractivity contribution in [3.05, 3.63) is 71.0 Å². The van der Waals surface area contributed by atoms with Gasteiger partial charge in [-0.25, -0.2) is 0 Å². The van der Waals surface area contributed by atoms with Gasteiger partial charge in [-0.1, -0.05) is 24.3 Å². The van der Waals surface area contributed by atoms with Gasteiger partial charge in [-0.15, -0.1) is 0 Å². The summed E-state index contributed by atoms with van der Waals surface area (Å²) in [6.07, 6.45) is 3.06. The van der Waals surface area contributed by atoms with E-state index in [1.807, 2.05) is 19.1 Å². The lowest BCUT2D eigenvalue weighted by molar-refractivity contribution is 0.0368. The molecule has 3 aromatic rings. The van der Waals surface area contributed by atoms with Crippen LogP contribution in [-0.4, -0.2) is 60.3 Å². The highest BCUT2D eigenvalue weighted by atomic mass is 16.5. The Morgan fingerprint density at radius 1 is 1.06 bits per heavy atom. The molecule has 180 valence electrons. The summed E-state index contributed by atoms with van der Waals surface area (Å²) in [7, 11) is 0. The standard InChI is InChI=1S/C27H34N4O3/c1-20-26(27(21(2)32)30-29-20)28-24-9-5-22(6-10-24)19-23-7-11-25(12-8-23)34-16-4-3-13-31-14-17-33-18-15-31/h5-12,28H,3-4,13-19H2,1-2H3,(H,29,30). The summed E-state index contributed by atoms with van der Waals surface area (Å²) in [5, 5.41) is 10.3. The summed E-state index contributed by atoms with van der Waals surface area (Å²) in [6.45, 7) is 9.10. The van der Waals surface area contributed by atoms with Crippen LogP contribution in [0.3, 0.4) is 0 Å². The minimum Gasteiger partial charge on any atom is -0.494 e. The van der Waals surface area contributed by atoms with E-state index in [4.69, 9.17) is 9.47 Å². The Labute approximate surface area is 201 Å². The first-order valence-electron chi connectivity index (χ1n) is 12.0. The molecule has 2 aromatic carbocycles. The first kappa shape index (κ1) is 24.0. The number of aromatic nitrogens is 2. The number of unbranched alkanes of at least 4 members (excludes halogenated alkanes) is 1. The molecule has 7 heteroatoms. The third kappa shape index (κ3) is 6.68. The molecule has 0 amide bonds. The van der Waals surface area contributed by atoms with Crippen molar-refractivity contribution in [1.29, 1.82) is 0 Å². The number of rotatable bonds is 11. The second-order valence-electron chi connectivity index (χ2n) is 8.78. The number of carbonyl (C=O) groups excluding carboxylic acids is 1. The zero-order valence-corrected chi connectivity index (χ0v) is 20.1. The molecule has 1 aliphatic rings. The normalized spacial score (nSPS) is 14.2. The molecule has 2 N–H and O–H groups in total. The van der Waals surface area contributed by atoms with E-state index in [1.54, 1.807) is 0 Å². The molecule has 0 saturated carbocycles. The minimum absolute atomic E-state index is 0.0658. The number of benzene rings is 2. The topological polar surface area (TPSA) is 79.5 Å². The number of ether oxygens (including phenoxy) is 2. The second-order valence-corrected chi connectivity index (χ2v) is 8.78. The van der Waals surface area contributed by atoms with E-state index >= 15 is 0 Å². The zero-order valence-electron chi connectivity index (χ0n) is 20.1. The van der Waals surface area contributed by atoms with Crippen LogP contribution in [0.1, 0.15) is 47.1 Å². The fourth-order valence-electron chi connectivity index (χ4n) is 4.08. The molecule has 0 atom stereocenters. The Morgan fingerprint density at radius 3 is 2.41 bits per heavy atom. The molecule has 0 unspecified atom stereocenters. The smallest absolute Gasteiger partial charge is 0.182 e. The van der Waals surface area contributed by atoms with Crippen molar-refractivity contribution in [2.45, 2.75) is 33.1 Å². The number of anilines is 2. The quantitative estimate of drug-likeness (QED) is 0.316. The highest BCUT2D eigenvalue weighted by molar-refractivity contribution is 5.98. The van der Waals surface area contributed by atoms with Gasteiger partial charge in [0, 0.05) is 25.7 Å². The van der Waals surface area contributed by atoms with Crippen LogP contribution in [0.4, 0.5) is 11.4 Å². The number of morpholine rings is 1. The van der Waals surface area contributed by atoms with Gasteiger partial charge < -0.3 is 14.8 Å². The molecule has 1 fully saturated rings. The molecule has 7 nitrogen and oxygen atoms in total. The van der Waals surface area contributed by atoms with Crippen molar-refractivity contribution in [3.8, 4) is 5.75 Å². The molecule has 1 aliphatic heterocycles. The first-order valence-corrected chi connectivity index (χ1v) is 12.0. The maximum Gasteiger partial charge on any atom is 0.182 e. The fraction of sp³-hybridized carbons (Fsp3) is 0.407. The average Bonchev–Trinajstić information content (AvgIpc) is 3.22. The van der Waals surface area contributed by atoms with Crippen LogP contribution in [0.15, 0.2) is 48.5 Å². The van der Waals surface area contributed by atoms with Crippen molar-refractivity contribution >= 4 is 17.2 Å². The van der Waals surface area contributed by atoms with Crippen molar-refractivity contribution < 1.29 is 14.3 Å². The Hall–Kier alpha value is -3.16. The van der Waals surface area contributed by atoms with Gasteiger partial charge in [-0.3, -0.25) is 14.8 Å². The van der Waals surface area contributed by atoms with Crippen LogP contribution >= 0.6 is 0 Å². The summed E-state index contributed by atoms with van der Waals surface area (Å²) < 4.78 is 11.3. The number of carbonyl (C=O) groups is 1. The first-order chi connectivity index (χ1) is 16.6. The monoisotopic (exact) mass is 462 g/mol. The third-order valence-electron chi connectivity index (χ3n) is 6.08. The number of ketones is 1. The van der Waals surface area contributed by atoms with Crippen LogP contribution < -0.4 is 10.1 Å².